The van der Waals surface area contributed by atoms with Gasteiger partial charge in [-0.3, -0.25) is 9.59 Å². The zero-order valence-electron chi connectivity index (χ0n) is 17.9. The zero-order chi connectivity index (χ0) is 22.8. The minimum absolute atomic E-state index is 0.00384. The molecule has 0 spiro atoms. The minimum atomic E-state index is -0.439. The average molecular weight is 430 g/mol. The summed E-state index contributed by atoms with van der Waals surface area (Å²) in [7, 11) is 4.60. The van der Waals surface area contributed by atoms with Crippen molar-refractivity contribution in [1.29, 1.82) is 0 Å². The summed E-state index contributed by atoms with van der Waals surface area (Å²) in [4.78, 5) is 28.1. The fourth-order valence-corrected chi connectivity index (χ4v) is 3.57. The first-order valence-corrected chi connectivity index (χ1v) is 9.88. The maximum atomic E-state index is 13.4. The van der Waals surface area contributed by atoms with Crippen molar-refractivity contribution in [3.8, 4) is 22.9 Å². The number of carbonyl (C=O) groups excluding carboxylic acids is 1. The molecule has 3 aromatic carbocycles. The third kappa shape index (κ3) is 3.65. The minimum Gasteiger partial charge on any atom is -0.504 e. The molecule has 0 saturated heterocycles. The molecule has 0 unspecified atom stereocenters. The molecule has 4 rings (SSSR count). The Bertz CT molecular complexity index is 1360. The van der Waals surface area contributed by atoms with Gasteiger partial charge >= 0.3 is 0 Å². The van der Waals surface area contributed by atoms with Crippen LogP contribution in [0.25, 0.3) is 16.6 Å². The second-order valence-corrected chi connectivity index (χ2v) is 7.18. The van der Waals surface area contributed by atoms with Crippen molar-refractivity contribution in [1.82, 2.24) is 4.57 Å². The lowest BCUT2D eigenvalue weighted by Crippen LogP contribution is -2.31. The van der Waals surface area contributed by atoms with Gasteiger partial charge in [-0.05, 0) is 42.5 Å². The number of phenols is 1. The molecule has 0 aliphatic heterocycles. The SMILES string of the molecule is COc1ccc2c(c1)c(=O)c(C(=O)N(C)c1ccccc1)cn2-c1ccc(O)c(OC)c1. The molecule has 0 bridgehead atoms. The topological polar surface area (TPSA) is 81.0 Å². The van der Waals surface area contributed by atoms with E-state index in [0.717, 1.165) is 0 Å². The van der Waals surface area contributed by atoms with E-state index in [0.29, 0.717) is 28.0 Å². The zero-order valence-corrected chi connectivity index (χ0v) is 17.9. The number of benzene rings is 3. The smallest absolute Gasteiger partial charge is 0.263 e. The lowest BCUT2D eigenvalue weighted by atomic mass is 10.1. The number of amides is 1. The summed E-state index contributed by atoms with van der Waals surface area (Å²) >= 11 is 0. The molecule has 0 fully saturated rings. The van der Waals surface area contributed by atoms with Crippen LogP contribution in [0.15, 0.2) is 77.7 Å². The van der Waals surface area contributed by atoms with E-state index in [1.54, 1.807) is 54.1 Å². The number of aromatic hydroxyl groups is 1. The molecule has 0 saturated carbocycles. The van der Waals surface area contributed by atoms with Gasteiger partial charge < -0.3 is 24.0 Å². The number of nitrogens with zero attached hydrogens (tertiary/aromatic N) is 2. The van der Waals surface area contributed by atoms with E-state index in [9.17, 15) is 14.7 Å². The van der Waals surface area contributed by atoms with Crippen LogP contribution in [0, 0.1) is 0 Å². The lowest BCUT2D eigenvalue weighted by Gasteiger charge is -2.19. The first-order chi connectivity index (χ1) is 15.4. The number of fused-ring (bicyclic) bond motifs is 1. The van der Waals surface area contributed by atoms with E-state index in [2.05, 4.69) is 0 Å². The summed E-state index contributed by atoms with van der Waals surface area (Å²) in [5, 5.41) is 10.3. The predicted molar refractivity (Wildman–Crippen MR) is 123 cm³/mol. The van der Waals surface area contributed by atoms with E-state index < -0.39 is 11.3 Å². The summed E-state index contributed by atoms with van der Waals surface area (Å²) in [6.45, 7) is 0. The van der Waals surface area contributed by atoms with Gasteiger partial charge in [-0.1, -0.05) is 18.2 Å². The highest BCUT2D eigenvalue weighted by atomic mass is 16.5. The normalized spacial score (nSPS) is 10.7. The summed E-state index contributed by atoms with van der Waals surface area (Å²) in [5.41, 5.74) is 1.48. The molecule has 1 heterocycles. The van der Waals surface area contributed by atoms with Crippen LogP contribution in [0.1, 0.15) is 10.4 Å². The molecule has 0 aliphatic carbocycles. The number of ether oxygens (including phenoxy) is 2. The van der Waals surface area contributed by atoms with Crippen molar-refractivity contribution >= 4 is 22.5 Å². The number of hydrogen-bond donors (Lipinski definition) is 1. The van der Waals surface area contributed by atoms with Gasteiger partial charge in [0.1, 0.15) is 11.3 Å². The Kier molecular flexibility index (Phi) is 5.55. The van der Waals surface area contributed by atoms with Gasteiger partial charge in [0.15, 0.2) is 11.5 Å². The largest absolute Gasteiger partial charge is 0.504 e. The monoisotopic (exact) mass is 430 g/mol. The maximum absolute atomic E-state index is 13.4. The first-order valence-electron chi connectivity index (χ1n) is 9.88. The van der Waals surface area contributed by atoms with Crippen LogP contribution in [0.5, 0.6) is 17.2 Å². The van der Waals surface area contributed by atoms with Crippen molar-refractivity contribution in [2.24, 2.45) is 0 Å². The molecule has 7 nitrogen and oxygen atoms in total. The number of pyridine rings is 1. The van der Waals surface area contributed by atoms with Crippen molar-refractivity contribution in [2.75, 3.05) is 26.2 Å². The number of anilines is 1. The number of carbonyl (C=O) groups is 1. The Balaban J connectivity index is 1.97. The fraction of sp³-hybridized carbons (Fsp3) is 0.120. The number of para-hydroxylation sites is 1. The highest BCUT2D eigenvalue weighted by Gasteiger charge is 2.21. The number of methoxy groups -OCH3 is 2. The van der Waals surface area contributed by atoms with Crippen LogP contribution in [-0.2, 0) is 0 Å². The van der Waals surface area contributed by atoms with Gasteiger partial charge in [0.25, 0.3) is 5.91 Å². The molecule has 1 N–H and O–H groups in total. The Morgan fingerprint density at radius 3 is 2.41 bits per heavy atom. The quantitative estimate of drug-likeness (QED) is 0.518. The van der Waals surface area contributed by atoms with Crippen LogP contribution in [0.3, 0.4) is 0 Å². The van der Waals surface area contributed by atoms with Gasteiger partial charge in [-0.15, -0.1) is 0 Å². The number of hydrogen-bond acceptors (Lipinski definition) is 5. The average Bonchev–Trinajstić information content (AvgIpc) is 2.84. The third-order valence-electron chi connectivity index (χ3n) is 5.33. The molecule has 0 aliphatic rings. The molecular formula is C25H22N2O5. The third-order valence-corrected chi connectivity index (χ3v) is 5.33. The van der Waals surface area contributed by atoms with Crippen LogP contribution >= 0.6 is 0 Å². The van der Waals surface area contributed by atoms with E-state index in [4.69, 9.17) is 9.47 Å². The summed E-state index contributed by atoms with van der Waals surface area (Å²) < 4.78 is 12.3. The van der Waals surface area contributed by atoms with Gasteiger partial charge in [0.05, 0.1) is 25.1 Å². The number of aromatic nitrogens is 1. The Hall–Kier alpha value is -4.26. The molecule has 1 aromatic heterocycles. The van der Waals surface area contributed by atoms with E-state index in [1.165, 1.54) is 31.4 Å². The molecule has 32 heavy (non-hydrogen) atoms. The van der Waals surface area contributed by atoms with Crippen molar-refractivity contribution in [3.05, 3.63) is 88.7 Å². The summed E-state index contributed by atoms with van der Waals surface area (Å²) in [6, 6.07) is 19.0. The Morgan fingerprint density at radius 1 is 0.969 bits per heavy atom. The van der Waals surface area contributed by atoms with E-state index in [-0.39, 0.29) is 17.1 Å². The van der Waals surface area contributed by atoms with Crippen LogP contribution in [-0.4, -0.2) is 36.8 Å². The highest BCUT2D eigenvalue weighted by Crippen LogP contribution is 2.30. The first kappa shape index (κ1) is 21.0. The van der Waals surface area contributed by atoms with Gasteiger partial charge in [-0.2, -0.15) is 0 Å². The molecule has 4 aromatic rings. The molecule has 0 radical (unpaired) electrons. The van der Waals surface area contributed by atoms with Gasteiger partial charge in [0.2, 0.25) is 5.43 Å². The van der Waals surface area contributed by atoms with Crippen LogP contribution in [0.2, 0.25) is 0 Å². The Labute approximate surface area is 184 Å². The molecular weight excluding hydrogens is 408 g/mol. The standard InChI is InChI=1S/C25H22N2O5/c1-26(16-7-5-4-6-8-16)25(30)20-15-27(17-9-12-22(28)23(13-17)32-3)21-11-10-18(31-2)14-19(21)24(20)29/h4-15,28H,1-3H3. The van der Waals surface area contributed by atoms with Gasteiger partial charge in [-0.25, -0.2) is 0 Å². The molecule has 7 heteroatoms. The highest BCUT2D eigenvalue weighted by molar-refractivity contribution is 6.07. The second kappa shape index (κ2) is 8.47. The Morgan fingerprint density at radius 2 is 1.72 bits per heavy atom. The molecule has 0 atom stereocenters. The second-order valence-electron chi connectivity index (χ2n) is 7.18. The van der Waals surface area contributed by atoms with Gasteiger partial charge in [0, 0.05) is 30.7 Å². The lowest BCUT2D eigenvalue weighted by molar-refractivity contribution is 0.0991. The number of rotatable bonds is 5. The van der Waals surface area contributed by atoms with Crippen LogP contribution in [0.4, 0.5) is 5.69 Å². The number of phenolic OH excluding ortho intramolecular Hbond substituents is 1. The van der Waals surface area contributed by atoms with E-state index in [1.807, 2.05) is 18.2 Å². The summed E-state index contributed by atoms with van der Waals surface area (Å²) in [5.74, 6) is 0.330. The van der Waals surface area contributed by atoms with E-state index >= 15 is 0 Å². The predicted octanol–water partition coefficient (Wildman–Crippen LogP) is 3.99. The molecule has 1 amide bonds. The maximum Gasteiger partial charge on any atom is 0.263 e. The summed E-state index contributed by atoms with van der Waals surface area (Å²) in [6.07, 6.45) is 1.52. The molecule has 162 valence electrons. The van der Waals surface area contributed by atoms with Crippen molar-refractivity contribution in [2.45, 2.75) is 0 Å². The van der Waals surface area contributed by atoms with Crippen LogP contribution < -0.4 is 19.8 Å². The van der Waals surface area contributed by atoms with Crippen molar-refractivity contribution in [3.63, 3.8) is 0 Å². The fourth-order valence-electron chi connectivity index (χ4n) is 3.57. The van der Waals surface area contributed by atoms with Crippen molar-refractivity contribution < 1.29 is 19.4 Å².